The topological polar surface area (TPSA) is 70.0 Å². The zero-order valence-electron chi connectivity index (χ0n) is 5.38. The molecule has 0 bridgehead atoms. The molecule has 0 saturated carbocycles. The monoisotopic (exact) mass is 144 g/mol. The molecule has 0 aliphatic rings. The van der Waals surface area contributed by atoms with Gasteiger partial charge < -0.3 is 12.3 Å². The Morgan fingerprint density at radius 2 is 1.33 bits per heavy atom. The standard InChI is InChI=1S/C6H7P.2H3N/c7-6-4-2-1-3-5-6;;/h1-5H,7H2;2*1H3. The quantitative estimate of drug-likeness (QED) is 0.542. The van der Waals surface area contributed by atoms with Crippen LogP contribution in [0.25, 0.3) is 0 Å². The van der Waals surface area contributed by atoms with Gasteiger partial charge in [-0.2, -0.15) is 0 Å². The Morgan fingerprint density at radius 1 is 0.889 bits per heavy atom. The molecule has 0 spiro atoms. The molecule has 3 heteroatoms. The van der Waals surface area contributed by atoms with Crippen molar-refractivity contribution in [1.82, 2.24) is 12.3 Å². The number of hydrogen-bond donors (Lipinski definition) is 2. The molecule has 1 rings (SSSR count). The molecule has 0 aliphatic carbocycles. The minimum absolute atomic E-state index is 0. The van der Waals surface area contributed by atoms with Gasteiger partial charge in [0, 0.05) is 0 Å². The lowest BCUT2D eigenvalue weighted by atomic mass is 10.4. The predicted molar refractivity (Wildman–Crippen MR) is 45.8 cm³/mol. The van der Waals surface area contributed by atoms with E-state index in [4.69, 9.17) is 0 Å². The van der Waals surface area contributed by atoms with Gasteiger partial charge in [-0.3, -0.25) is 0 Å². The van der Waals surface area contributed by atoms with E-state index in [0.29, 0.717) is 0 Å². The number of rotatable bonds is 0. The summed E-state index contributed by atoms with van der Waals surface area (Å²) in [5, 5.41) is 1.24. The van der Waals surface area contributed by atoms with Gasteiger partial charge in [-0.05, 0) is 5.30 Å². The fraction of sp³-hybridized carbons (Fsp3) is 0. The second kappa shape index (κ2) is 5.70. The minimum Gasteiger partial charge on any atom is -0.344 e. The largest absolute Gasteiger partial charge is 0.344 e. The first-order chi connectivity index (χ1) is 3.39. The molecule has 0 aliphatic heterocycles. The van der Waals surface area contributed by atoms with Crippen molar-refractivity contribution in [2.75, 3.05) is 0 Å². The van der Waals surface area contributed by atoms with Gasteiger partial charge in [-0.15, -0.1) is 9.24 Å². The van der Waals surface area contributed by atoms with Gasteiger partial charge in [0.2, 0.25) is 0 Å². The zero-order chi connectivity index (χ0) is 5.11. The van der Waals surface area contributed by atoms with Gasteiger partial charge in [0.05, 0.1) is 0 Å². The summed E-state index contributed by atoms with van der Waals surface area (Å²) in [6.45, 7) is 0. The summed E-state index contributed by atoms with van der Waals surface area (Å²) in [5.41, 5.74) is 0. The fourth-order valence-corrected chi connectivity index (χ4v) is 0.675. The van der Waals surface area contributed by atoms with Crippen molar-refractivity contribution in [1.29, 1.82) is 0 Å². The van der Waals surface area contributed by atoms with E-state index in [1.54, 1.807) is 0 Å². The van der Waals surface area contributed by atoms with Crippen LogP contribution in [0.4, 0.5) is 0 Å². The van der Waals surface area contributed by atoms with Crippen molar-refractivity contribution in [3.63, 3.8) is 0 Å². The van der Waals surface area contributed by atoms with Crippen LogP contribution < -0.4 is 17.6 Å². The summed E-state index contributed by atoms with van der Waals surface area (Å²) in [6, 6.07) is 10.1. The average molecular weight is 144 g/mol. The van der Waals surface area contributed by atoms with Crippen LogP contribution in [0, 0.1) is 0 Å². The van der Waals surface area contributed by atoms with Crippen LogP contribution >= 0.6 is 9.24 Å². The average Bonchev–Trinajstić information content (AvgIpc) is 1.69. The zero-order valence-corrected chi connectivity index (χ0v) is 6.53. The normalized spacial score (nSPS) is 6.78. The van der Waals surface area contributed by atoms with Crippen LogP contribution in [-0.2, 0) is 0 Å². The molecule has 0 saturated heterocycles. The highest BCUT2D eigenvalue weighted by atomic mass is 31.0. The summed E-state index contributed by atoms with van der Waals surface area (Å²) in [5.74, 6) is 0. The second-order valence-corrected chi connectivity index (χ2v) is 2.08. The Balaban J connectivity index is 0. The van der Waals surface area contributed by atoms with Crippen molar-refractivity contribution >= 4 is 14.5 Å². The smallest absolute Gasteiger partial charge is 0.0303 e. The second-order valence-electron chi connectivity index (χ2n) is 1.41. The van der Waals surface area contributed by atoms with E-state index in [9.17, 15) is 0 Å². The van der Waals surface area contributed by atoms with Crippen molar-refractivity contribution in [3.05, 3.63) is 30.3 Å². The fourth-order valence-electron chi connectivity index (χ4n) is 0.453. The third-order valence-electron chi connectivity index (χ3n) is 0.800. The van der Waals surface area contributed by atoms with Gasteiger partial charge >= 0.3 is 0 Å². The van der Waals surface area contributed by atoms with Crippen molar-refractivity contribution in [2.24, 2.45) is 0 Å². The van der Waals surface area contributed by atoms with E-state index in [1.165, 1.54) is 5.30 Å². The third-order valence-corrected chi connectivity index (χ3v) is 1.18. The Kier molecular flexibility index (Phi) is 7.21. The van der Waals surface area contributed by atoms with Crippen molar-refractivity contribution in [3.8, 4) is 0 Å². The highest BCUT2D eigenvalue weighted by Crippen LogP contribution is 1.86. The van der Waals surface area contributed by atoms with Crippen LogP contribution in [0.1, 0.15) is 0 Å². The number of hydrogen-bond acceptors (Lipinski definition) is 2. The summed E-state index contributed by atoms with van der Waals surface area (Å²) in [4.78, 5) is 0. The van der Waals surface area contributed by atoms with E-state index >= 15 is 0 Å². The molecular weight excluding hydrogens is 131 g/mol. The molecule has 1 aromatic rings. The van der Waals surface area contributed by atoms with E-state index in [2.05, 4.69) is 9.24 Å². The molecule has 0 amide bonds. The van der Waals surface area contributed by atoms with Crippen LogP contribution in [0.15, 0.2) is 30.3 Å². The molecule has 6 N–H and O–H groups in total. The summed E-state index contributed by atoms with van der Waals surface area (Å²) in [7, 11) is 2.63. The Morgan fingerprint density at radius 3 is 1.56 bits per heavy atom. The molecule has 2 nitrogen and oxygen atoms in total. The Hall–Kier alpha value is -0.430. The molecule has 1 atom stereocenters. The van der Waals surface area contributed by atoms with Crippen LogP contribution in [0.3, 0.4) is 0 Å². The third kappa shape index (κ3) is 4.10. The molecule has 0 heterocycles. The SMILES string of the molecule is N.N.Pc1ccccc1. The first-order valence-corrected chi connectivity index (χ1v) is 2.78. The van der Waals surface area contributed by atoms with E-state index < -0.39 is 0 Å². The van der Waals surface area contributed by atoms with Crippen molar-refractivity contribution < 1.29 is 0 Å². The lowest BCUT2D eigenvalue weighted by Gasteiger charge is -1.82. The maximum atomic E-state index is 2.63. The van der Waals surface area contributed by atoms with Gasteiger partial charge in [0.15, 0.2) is 0 Å². The Labute approximate surface area is 58.0 Å². The Bertz CT molecular complexity index is 141. The molecule has 0 aromatic heterocycles. The molecule has 0 radical (unpaired) electrons. The maximum absolute atomic E-state index is 2.63. The molecular formula is C6H13N2P. The van der Waals surface area contributed by atoms with E-state index in [1.807, 2.05) is 30.3 Å². The van der Waals surface area contributed by atoms with E-state index in [0.717, 1.165) is 0 Å². The lowest BCUT2D eigenvalue weighted by molar-refractivity contribution is 1.78. The van der Waals surface area contributed by atoms with Crippen molar-refractivity contribution in [2.45, 2.75) is 0 Å². The predicted octanol–water partition coefficient (Wildman–Crippen LogP) is 1.51. The first kappa shape index (κ1) is 11.4. The van der Waals surface area contributed by atoms with E-state index in [-0.39, 0.29) is 12.3 Å². The van der Waals surface area contributed by atoms with Gasteiger partial charge in [-0.1, -0.05) is 30.3 Å². The van der Waals surface area contributed by atoms with Gasteiger partial charge in [-0.25, -0.2) is 0 Å². The first-order valence-electron chi connectivity index (χ1n) is 2.20. The molecule has 52 valence electrons. The highest BCUT2D eigenvalue weighted by Gasteiger charge is 1.72. The lowest BCUT2D eigenvalue weighted by Crippen LogP contribution is -1.82. The van der Waals surface area contributed by atoms with Crippen LogP contribution in [-0.4, -0.2) is 0 Å². The minimum atomic E-state index is 0. The van der Waals surface area contributed by atoms with Gasteiger partial charge in [0.1, 0.15) is 0 Å². The van der Waals surface area contributed by atoms with Crippen LogP contribution in [0.2, 0.25) is 0 Å². The number of benzene rings is 1. The molecule has 1 aromatic carbocycles. The summed E-state index contributed by atoms with van der Waals surface area (Å²) >= 11 is 0. The van der Waals surface area contributed by atoms with Crippen LogP contribution in [0.5, 0.6) is 0 Å². The maximum Gasteiger partial charge on any atom is -0.0303 e. The molecule has 0 fully saturated rings. The summed E-state index contributed by atoms with van der Waals surface area (Å²) < 4.78 is 0. The highest BCUT2D eigenvalue weighted by molar-refractivity contribution is 7.27. The summed E-state index contributed by atoms with van der Waals surface area (Å²) in [6.07, 6.45) is 0. The molecule has 9 heavy (non-hydrogen) atoms. The van der Waals surface area contributed by atoms with Gasteiger partial charge in [0.25, 0.3) is 0 Å². The molecule has 1 unspecified atom stereocenters.